The molecule has 1 aromatic heterocycles. The van der Waals surface area contributed by atoms with Gasteiger partial charge < -0.3 is 14.8 Å². The zero-order valence-corrected chi connectivity index (χ0v) is 17.6. The van der Waals surface area contributed by atoms with Crippen molar-refractivity contribution in [2.45, 2.75) is 31.7 Å². The highest BCUT2D eigenvalue weighted by Gasteiger charge is 2.28. The third-order valence-electron chi connectivity index (χ3n) is 5.24. The fourth-order valence-electron chi connectivity index (χ4n) is 3.66. The predicted octanol–water partition coefficient (Wildman–Crippen LogP) is 2.09. The van der Waals surface area contributed by atoms with Crippen molar-refractivity contribution in [3.63, 3.8) is 0 Å². The highest BCUT2D eigenvalue weighted by atomic mass is 32.2. The van der Waals surface area contributed by atoms with Gasteiger partial charge in [-0.2, -0.15) is 0 Å². The summed E-state index contributed by atoms with van der Waals surface area (Å²) in [6, 6.07) is 8.06. The molecule has 2 atom stereocenters. The Morgan fingerprint density at radius 2 is 2.00 bits per heavy atom. The number of guanidine groups is 1. The maximum atomic E-state index is 11.4. The second kappa shape index (κ2) is 8.77. The molecule has 1 fully saturated rings. The lowest BCUT2D eigenvalue weighted by molar-refractivity contribution is 0.189. The summed E-state index contributed by atoms with van der Waals surface area (Å²) in [5, 5.41) is 3.44. The summed E-state index contributed by atoms with van der Waals surface area (Å²) in [4.78, 5) is 10.9. The monoisotopic (exact) mass is 403 g/mol. The first-order valence-electron chi connectivity index (χ1n) is 9.54. The fourth-order valence-corrected chi connectivity index (χ4v) is 4.46. The molecule has 0 saturated carbocycles. The van der Waals surface area contributed by atoms with Crippen LogP contribution in [0.5, 0.6) is 0 Å². The third kappa shape index (κ3) is 5.34. The number of piperidine rings is 1. The number of nitrogens with one attached hydrogen (secondary N) is 1. The highest BCUT2D eigenvalue weighted by Crippen LogP contribution is 2.27. The van der Waals surface area contributed by atoms with Gasteiger partial charge in [0.1, 0.15) is 0 Å². The Balaban J connectivity index is 1.60. The number of rotatable bonds is 5. The predicted molar refractivity (Wildman–Crippen MR) is 112 cm³/mol. The highest BCUT2D eigenvalue weighted by molar-refractivity contribution is 7.89. The van der Waals surface area contributed by atoms with Gasteiger partial charge in [0.15, 0.2) is 15.8 Å². The number of aromatic nitrogens is 2. The first-order valence-corrected chi connectivity index (χ1v) is 11.6. The van der Waals surface area contributed by atoms with Crippen LogP contribution in [0.4, 0.5) is 0 Å². The van der Waals surface area contributed by atoms with Crippen molar-refractivity contribution in [3.8, 4) is 0 Å². The summed E-state index contributed by atoms with van der Waals surface area (Å²) in [6.07, 6.45) is 8.09. The van der Waals surface area contributed by atoms with Crippen LogP contribution in [0.1, 0.15) is 30.5 Å². The number of nitrogens with zero attached hydrogens (tertiary/aromatic N) is 4. The minimum Gasteiger partial charge on any atom is -0.352 e. The minimum atomic E-state index is -3.01. The van der Waals surface area contributed by atoms with Crippen molar-refractivity contribution < 1.29 is 8.42 Å². The van der Waals surface area contributed by atoms with E-state index in [1.165, 1.54) is 6.26 Å². The number of hydrogen-bond donors (Lipinski definition) is 1. The lowest BCUT2D eigenvalue weighted by atomic mass is 9.93. The fraction of sp³-hybridized carbons (Fsp3) is 0.500. The summed E-state index contributed by atoms with van der Waals surface area (Å²) >= 11 is 0. The van der Waals surface area contributed by atoms with Gasteiger partial charge in [0, 0.05) is 45.3 Å². The van der Waals surface area contributed by atoms with E-state index in [-0.39, 0.29) is 5.75 Å². The zero-order valence-electron chi connectivity index (χ0n) is 16.7. The van der Waals surface area contributed by atoms with Gasteiger partial charge in [-0.3, -0.25) is 4.99 Å². The van der Waals surface area contributed by atoms with E-state index in [1.807, 2.05) is 50.0 Å². The second-order valence-electron chi connectivity index (χ2n) is 7.58. The maximum Gasteiger partial charge on any atom is 0.193 e. The molecule has 0 amide bonds. The molecule has 1 aliphatic rings. The van der Waals surface area contributed by atoms with E-state index in [4.69, 9.17) is 0 Å². The van der Waals surface area contributed by atoms with E-state index < -0.39 is 9.84 Å². The number of imidazole rings is 1. The zero-order chi connectivity index (χ0) is 20.1. The standard InChI is InChI=1S/C20H29N5O2S/c1-16-8-10-24(13-19(16)25-11-9-22-15-25)20(21-2)23-12-17-4-6-18(7-5-17)14-28(3,26)27/h4-7,9,11,15-16,19H,8,10,12-14H2,1-3H3,(H,21,23). The molecule has 0 radical (unpaired) electrons. The normalized spacial score (nSPS) is 21.0. The van der Waals surface area contributed by atoms with Crippen LogP contribution < -0.4 is 5.32 Å². The van der Waals surface area contributed by atoms with Crippen molar-refractivity contribution >= 4 is 15.8 Å². The topological polar surface area (TPSA) is 79.6 Å². The second-order valence-corrected chi connectivity index (χ2v) is 9.72. The Bertz CT molecular complexity index is 891. The van der Waals surface area contributed by atoms with Gasteiger partial charge in [-0.15, -0.1) is 0 Å². The third-order valence-corrected chi connectivity index (χ3v) is 6.10. The van der Waals surface area contributed by atoms with Gasteiger partial charge in [-0.1, -0.05) is 31.2 Å². The van der Waals surface area contributed by atoms with Crippen molar-refractivity contribution in [2.24, 2.45) is 10.9 Å². The Kier molecular flexibility index (Phi) is 6.39. The van der Waals surface area contributed by atoms with Crippen LogP contribution in [0.15, 0.2) is 48.0 Å². The molecule has 1 aromatic carbocycles. The van der Waals surface area contributed by atoms with Crippen LogP contribution >= 0.6 is 0 Å². The summed E-state index contributed by atoms with van der Waals surface area (Å²) in [7, 11) is -1.20. The number of aliphatic imine (C=N–C) groups is 1. The molecule has 2 unspecified atom stereocenters. The van der Waals surface area contributed by atoms with Gasteiger partial charge >= 0.3 is 0 Å². The Hall–Kier alpha value is -2.35. The maximum absolute atomic E-state index is 11.4. The molecule has 28 heavy (non-hydrogen) atoms. The smallest absolute Gasteiger partial charge is 0.193 e. The summed E-state index contributed by atoms with van der Waals surface area (Å²) in [5.41, 5.74) is 1.90. The summed E-state index contributed by atoms with van der Waals surface area (Å²) in [5.74, 6) is 1.55. The van der Waals surface area contributed by atoms with Gasteiger partial charge in [0.05, 0.1) is 18.1 Å². The SMILES string of the molecule is CN=C(NCc1ccc(CS(C)(=O)=O)cc1)N1CCC(C)C(n2ccnc2)C1. The van der Waals surface area contributed by atoms with Crippen LogP contribution in [-0.4, -0.2) is 55.2 Å². The van der Waals surface area contributed by atoms with Gasteiger partial charge in [-0.05, 0) is 23.5 Å². The van der Waals surface area contributed by atoms with Crippen LogP contribution in [0, 0.1) is 5.92 Å². The van der Waals surface area contributed by atoms with Gasteiger partial charge in [0.25, 0.3) is 0 Å². The van der Waals surface area contributed by atoms with E-state index in [9.17, 15) is 8.42 Å². The molecule has 0 aliphatic carbocycles. The average Bonchev–Trinajstić information content (AvgIpc) is 3.18. The average molecular weight is 404 g/mol. The number of likely N-dealkylation sites (tertiary alicyclic amines) is 1. The van der Waals surface area contributed by atoms with Crippen LogP contribution in [-0.2, 0) is 22.1 Å². The quantitative estimate of drug-likeness (QED) is 0.611. The Morgan fingerprint density at radius 3 is 2.61 bits per heavy atom. The molecular formula is C20H29N5O2S. The lowest BCUT2D eigenvalue weighted by Gasteiger charge is -2.39. The number of benzene rings is 1. The summed E-state index contributed by atoms with van der Waals surface area (Å²) in [6.45, 7) is 4.80. The van der Waals surface area contributed by atoms with E-state index in [2.05, 4.69) is 31.7 Å². The minimum absolute atomic E-state index is 0.0734. The molecular weight excluding hydrogens is 374 g/mol. The molecule has 7 nitrogen and oxygen atoms in total. The van der Waals surface area contributed by atoms with Crippen LogP contribution in [0.2, 0.25) is 0 Å². The van der Waals surface area contributed by atoms with Gasteiger partial charge in [-0.25, -0.2) is 13.4 Å². The molecule has 1 N–H and O–H groups in total. The number of hydrogen-bond acceptors (Lipinski definition) is 4. The van der Waals surface area contributed by atoms with E-state index >= 15 is 0 Å². The van der Waals surface area contributed by atoms with Crippen molar-refractivity contribution in [1.82, 2.24) is 19.8 Å². The number of sulfone groups is 1. The van der Waals surface area contributed by atoms with Crippen LogP contribution in [0.3, 0.4) is 0 Å². The first kappa shape index (κ1) is 20.4. The molecule has 1 saturated heterocycles. The van der Waals surface area contributed by atoms with E-state index in [1.54, 1.807) is 0 Å². The molecule has 0 bridgehead atoms. The molecule has 2 heterocycles. The summed E-state index contributed by atoms with van der Waals surface area (Å²) < 4.78 is 25.0. The largest absolute Gasteiger partial charge is 0.352 e. The molecule has 0 spiro atoms. The lowest BCUT2D eigenvalue weighted by Crippen LogP contribution is -2.48. The van der Waals surface area contributed by atoms with Crippen molar-refractivity contribution in [1.29, 1.82) is 0 Å². The first-order chi connectivity index (χ1) is 13.4. The molecule has 152 valence electrons. The molecule has 3 rings (SSSR count). The van der Waals surface area contributed by atoms with Crippen molar-refractivity contribution in [3.05, 3.63) is 54.1 Å². The Morgan fingerprint density at radius 1 is 1.29 bits per heavy atom. The van der Waals surface area contributed by atoms with Crippen LogP contribution in [0.25, 0.3) is 0 Å². The van der Waals surface area contributed by atoms with E-state index in [0.717, 1.165) is 36.6 Å². The van der Waals surface area contributed by atoms with Crippen molar-refractivity contribution in [2.75, 3.05) is 26.4 Å². The Labute approximate surface area is 167 Å². The molecule has 1 aliphatic heterocycles. The van der Waals surface area contributed by atoms with E-state index in [0.29, 0.717) is 18.5 Å². The molecule has 8 heteroatoms. The molecule has 2 aromatic rings. The van der Waals surface area contributed by atoms with Gasteiger partial charge in [0.2, 0.25) is 0 Å².